The van der Waals surface area contributed by atoms with Gasteiger partial charge in [-0.15, -0.1) is 0 Å². The van der Waals surface area contributed by atoms with E-state index in [2.05, 4.69) is 4.98 Å². The first kappa shape index (κ1) is 16.3. The Bertz CT molecular complexity index is 845. The second-order valence-electron chi connectivity index (χ2n) is 5.89. The van der Waals surface area contributed by atoms with E-state index in [4.69, 9.17) is 13.7 Å². The van der Waals surface area contributed by atoms with Crippen molar-refractivity contribution in [1.82, 2.24) is 9.55 Å². The van der Waals surface area contributed by atoms with E-state index in [-0.39, 0.29) is 6.61 Å². The van der Waals surface area contributed by atoms with Gasteiger partial charge in [0, 0.05) is 12.3 Å². The first-order valence-corrected chi connectivity index (χ1v) is 8.55. The molecule has 2 aliphatic rings. The second kappa shape index (κ2) is 4.98. The Hall–Kier alpha value is -1.53. The molecule has 0 amide bonds. The van der Waals surface area contributed by atoms with Gasteiger partial charge in [0.25, 0.3) is 15.7 Å². The first-order chi connectivity index (χ1) is 10.6. The van der Waals surface area contributed by atoms with Crippen LogP contribution in [0.1, 0.15) is 13.2 Å². The number of hydrogen-bond acceptors (Lipinski definition) is 8. The highest BCUT2D eigenvalue weighted by Gasteiger charge is 2.69. The summed E-state index contributed by atoms with van der Waals surface area (Å²) in [6.45, 7) is 1.00. The summed E-state index contributed by atoms with van der Waals surface area (Å²) in [5.74, 6) is 0. The van der Waals surface area contributed by atoms with Gasteiger partial charge in [0.05, 0.1) is 12.9 Å². The molecule has 1 aromatic heterocycles. The number of aliphatic hydroxyl groups is 1. The molecule has 2 saturated heterocycles. The topological polar surface area (TPSA) is 137 Å². The van der Waals surface area contributed by atoms with Crippen molar-refractivity contribution in [3.8, 4) is 0 Å². The van der Waals surface area contributed by atoms with Crippen molar-refractivity contribution in [2.75, 3.05) is 19.5 Å². The maximum absolute atomic E-state index is 11.9. The molecule has 4 atom stereocenters. The van der Waals surface area contributed by atoms with Crippen LogP contribution in [0, 0.1) is 0 Å². The number of nitrogens with one attached hydrogen (secondary N) is 1. The van der Waals surface area contributed by atoms with E-state index in [1.54, 1.807) is 0 Å². The number of nitrogens with zero attached hydrogens (tertiary/aromatic N) is 1. The minimum absolute atomic E-state index is 0.0885. The van der Waals surface area contributed by atoms with Crippen LogP contribution < -0.4 is 11.2 Å². The molecule has 0 spiro atoms. The highest BCUT2D eigenvalue weighted by atomic mass is 32.2. The number of fused-ring (bicyclic) bond motifs is 2. The van der Waals surface area contributed by atoms with Crippen LogP contribution in [0.25, 0.3) is 0 Å². The summed E-state index contributed by atoms with van der Waals surface area (Å²) < 4.78 is 39.5. The van der Waals surface area contributed by atoms with Gasteiger partial charge in [-0.3, -0.25) is 18.5 Å². The van der Waals surface area contributed by atoms with Crippen LogP contribution in [-0.2, 0) is 23.8 Å². The zero-order valence-corrected chi connectivity index (χ0v) is 13.2. The van der Waals surface area contributed by atoms with Crippen molar-refractivity contribution in [3.63, 3.8) is 0 Å². The lowest BCUT2D eigenvalue weighted by atomic mass is 9.92. The largest absolute Gasteiger partial charge is 0.387 e. The molecule has 0 aliphatic carbocycles. The summed E-state index contributed by atoms with van der Waals surface area (Å²) in [6, 6.07) is 1.13. The predicted octanol–water partition coefficient (Wildman–Crippen LogP) is -2.07. The maximum atomic E-state index is 11.9. The molecule has 2 bridgehead atoms. The Morgan fingerprint density at radius 1 is 1.52 bits per heavy atom. The zero-order chi connectivity index (χ0) is 17.0. The summed E-state index contributed by atoms with van der Waals surface area (Å²) in [7, 11) is -3.74. The average molecular weight is 348 g/mol. The molecule has 23 heavy (non-hydrogen) atoms. The van der Waals surface area contributed by atoms with Gasteiger partial charge in [-0.05, 0) is 6.92 Å². The Morgan fingerprint density at radius 3 is 2.83 bits per heavy atom. The molecular formula is C12H16N2O8S. The minimum Gasteiger partial charge on any atom is -0.387 e. The standard InChI is InChI=1S/C12H16N2O8S/c1-11-8(16)12(5-20-11,6-21-23(2,18)19)22-9(11)14-4-3-7(15)13-10(14)17/h3-4,8-9,16H,5-6H2,1-2H3,(H,13,15,17)/t8-,9+,11+,12+/m0/s1. The van der Waals surface area contributed by atoms with Crippen molar-refractivity contribution in [1.29, 1.82) is 0 Å². The van der Waals surface area contributed by atoms with E-state index < -0.39 is 51.5 Å². The smallest absolute Gasteiger partial charge is 0.330 e. The summed E-state index contributed by atoms with van der Waals surface area (Å²) in [4.78, 5) is 25.2. The third-order valence-electron chi connectivity index (χ3n) is 4.13. The molecule has 2 fully saturated rings. The van der Waals surface area contributed by atoms with E-state index in [1.807, 2.05) is 0 Å². The van der Waals surface area contributed by atoms with Crippen molar-refractivity contribution in [2.24, 2.45) is 0 Å². The predicted molar refractivity (Wildman–Crippen MR) is 75.3 cm³/mol. The lowest BCUT2D eigenvalue weighted by Gasteiger charge is -2.33. The van der Waals surface area contributed by atoms with Crippen LogP contribution in [0.5, 0.6) is 0 Å². The molecule has 0 radical (unpaired) electrons. The molecule has 2 N–H and O–H groups in total. The van der Waals surface area contributed by atoms with E-state index in [0.717, 1.165) is 16.9 Å². The third-order valence-corrected chi connectivity index (χ3v) is 4.67. The Morgan fingerprint density at radius 2 is 2.22 bits per heavy atom. The maximum Gasteiger partial charge on any atom is 0.330 e. The Kier molecular flexibility index (Phi) is 3.54. The summed E-state index contributed by atoms with van der Waals surface area (Å²) in [6.07, 6.45) is -0.164. The fourth-order valence-electron chi connectivity index (χ4n) is 2.91. The van der Waals surface area contributed by atoms with Crippen molar-refractivity contribution >= 4 is 10.1 Å². The molecule has 3 heterocycles. The summed E-state index contributed by atoms with van der Waals surface area (Å²) in [5, 5.41) is 10.5. The number of rotatable bonds is 4. The Labute approximate surface area is 130 Å². The number of aromatic nitrogens is 2. The highest BCUT2D eigenvalue weighted by Crippen LogP contribution is 2.52. The molecule has 1 aromatic rings. The summed E-state index contributed by atoms with van der Waals surface area (Å²) >= 11 is 0. The average Bonchev–Trinajstić information content (AvgIpc) is 2.81. The van der Waals surface area contributed by atoms with Gasteiger partial charge in [0.15, 0.2) is 6.23 Å². The fourth-order valence-corrected chi connectivity index (χ4v) is 3.32. The lowest BCUT2D eigenvalue weighted by Crippen LogP contribution is -2.46. The molecule has 11 heteroatoms. The lowest BCUT2D eigenvalue weighted by molar-refractivity contribution is -0.211. The van der Waals surface area contributed by atoms with Gasteiger partial charge < -0.3 is 14.6 Å². The monoisotopic (exact) mass is 348 g/mol. The van der Waals surface area contributed by atoms with E-state index >= 15 is 0 Å². The van der Waals surface area contributed by atoms with E-state index in [9.17, 15) is 23.1 Å². The fraction of sp³-hybridized carbons (Fsp3) is 0.667. The van der Waals surface area contributed by atoms with Crippen LogP contribution in [0.15, 0.2) is 21.9 Å². The van der Waals surface area contributed by atoms with Gasteiger partial charge >= 0.3 is 5.69 Å². The van der Waals surface area contributed by atoms with Gasteiger partial charge in [0.1, 0.15) is 23.9 Å². The first-order valence-electron chi connectivity index (χ1n) is 6.73. The van der Waals surface area contributed by atoms with Crippen LogP contribution in [0.4, 0.5) is 0 Å². The molecule has 2 aliphatic heterocycles. The van der Waals surface area contributed by atoms with Crippen molar-refractivity contribution < 1.29 is 27.2 Å². The SMILES string of the molecule is C[C@]12OC[C@](COS(C)(=O)=O)(O[C@H]1n1ccc(=O)[nH]c1=O)[C@H]2O. The van der Waals surface area contributed by atoms with Gasteiger partial charge in [0.2, 0.25) is 0 Å². The normalized spacial score (nSPS) is 36.5. The van der Waals surface area contributed by atoms with Crippen LogP contribution in [0.3, 0.4) is 0 Å². The van der Waals surface area contributed by atoms with Gasteiger partial charge in [-0.25, -0.2) is 4.79 Å². The molecular weight excluding hydrogens is 332 g/mol. The number of aliphatic hydroxyl groups excluding tert-OH is 1. The molecule has 0 saturated carbocycles. The number of ether oxygens (including phenoxy) is 2. The van der Waals surface area contributed by atoms with Crippen LogP contribution in [-0.4, -0.2) is 59.9 Å². The number of H-pyrrole nitrogens is 1. The summed E-state index contributed by atoms with van der Waals surface area (Å²) in [5.41, 5.74) is -4.01. The van der Waals surface area contributed by atoms with Gasteiger partial charge in [-0.1, -0.05) is 0 Å². The van der Waals surface area contributed by atoms with Crippen molar-refractivity contribution in [2.45, 2.75) is 30.5 Å². The zero-order valence-electron chi connectivity index (χ0n) is 12.4. The quantitative estimate of drug-likeness (QED) is 0.592. The molecule has 3 rings (SSSR count). The van der Waals surface area contributed by atoms with Crippen molar-refractivity contribution in [3.05, 3.63) is 33.1 Å². The minimum atomic E-state index is -3.74. The Balaban J connectivity index is 1.97. The molecule has 0 aromatic carbocycles. The highest BCUT2D eigenvalue weighted by molar-refractivity contribution is 7.85. The van der Waals surface area contributed by atoms with E-state index in [1.165, 1.54) is 13.1 Å². The van der Waals surface area contributed by atoms with Crippen LogP contribution >= 0.6 is 0 Å². The molecule has 10 nitrogen and oxygen atoms in total. The molecule has 128 valence electrons. The van der Waals surface area contributed by atoms with E-state index in [0.29, 0.717) is 0 Å². The second-order valence-corrected chi connectivity index (χ2v) is 7.54. The number of hydrogen-bond donors (Lipinski definition) is 2. The van der Waals surface area contributed by atoms with Gasteiger partial charge in [-0.2, -0.15) is 8.42 Å². The number of aromatic amines is 1. The molecule has 0 unspecified atom stereocenters. The van der Waals surface area contributed by atoms with Crippen LogP contribution in [0.2, 0.25) is 0 Å². The third kappa shape index (κ3) is 2.54.